The maximum absolute atomic E-state index is 11.7. The molecule has 0 bridgehead atoms. The Labute approximate surface area is 133 Å². The molecule has 0 aromatic heterocycles. The maximum Gasteiger partial charge on any atom is 0.319 e. The molecule has 1 rings (SSSR count). The first kappa shape index (κ1) is 17.5. The molecular weight excluding hydrogens is 336 g/mol. The Hall–Kier alpha value is -1.56. The predicted octanol–water partition coefficient (Wildman–Crippen LogP) is 3.91. The van der Waals surface area contributed by atoms with Gasteiger partial charge in [-0.05, 0) is 53.4 Å². The summed E-state index contributed by atoms with van der Waals surface area (Å²) in [7, 11) is 0. The number of anilines is 1. The average molecular weight is 357 g/mol. The summed E-state index contributed by atoms with van der Waals surface area (Å²) in [5.41, 5.74) is 1.82. The zero-order valence-corrected chi connectivity index (χ0v) is 13.7. The highest BCUT2D eigenvalue weighted by molar-refractivity contribution is 9.10. The fourth-order valence-electron chi connectivity index (χ4n) is 1.86. The molecule has 21 heavy (non-hydrogen) atoms. The minimum absolute atomic E-state index is 0.218. The first-order valence-corrected chi connectivity index (χ1v) is 7.81. The van der Waals surface area contributed by atoms with E-state index in [9.17, 15) is 9.59 Å². The SMILES string of the molecule is Cc1ccc(Br)c(NC(=O)NCCCCCCC(=O)O)c1. The summed E-state index contributed by atoms with van der Waals surface area (Å²) in [5.74, 6) is -0.753. The van der Waals surface area contributed by atoms with Crippen molar-refractivity contribution < 1.29 is 14.7 Å². The first-order chi connectivity index (χ1) is 9.99. The molecule has 1 aromatic carbocycles. The summed E-state index contributed by atoms with van der Waals surface area (Å²) in [6.07, 6.45) is 3.55. The zero-order chi connectivity index (χ0) is 15.7. The maximum atomic E-state index is 11.7. The molecule has 0 heterocycles. The number of amides is 2. The molecule has 0 saturated heterocycles. The van der Waals surface area contributed by atoms with Crippen LogP contribution in [-0.4, -0.2) is 23.7 Å². The summed E-state index contributed by atoms with van der Waals surface area (Å²) in [4.78, 5) is 22.1. The number of carboxylic acid groups (broad SMARTS) is 1. The Morgan fingerprint density at radius 3 is 2.62 bits per heavy atom. The molecule has 0 unspecified atom stereocenters. The molecule has 2 amide bonds. The number of rotatable bonds is 8. The largest absolute Gasteiger partial charge is 0.481 e. The quantitative estimate of drug-likeness (QED) is 0.617. The normalized spacial score (nSPS) is 10.2. The van der Waals surface area contributed by atoms with Crippen molar-refractivity contribution in [2.75, 3.05) is 11.9 Å². The van der Waals surface area contributed by atoms with Crippen LogP contribution in [0.2, 0.25) is 0 Å². The average Bonchev–Trinajstić information content (AvgIpc) is 2.41. The van der Waals surface area contributed by atoms with Crippen molar-refractivity contribution >= 4 is 33.6 Å². The highest BCUT2D eigenvalue weighted by Crippen LogP contribution is 2.23. The second-order valence-corrected chi connectivity index (χ2v) is 5.78. The molecular formula is C15H21BrN2O3. The van der Waals surface area contributed by atoms with E-state index < -0.39 is 5.97 Å². The molecule has 0 fully saturated rings. The van der Waals surface area contributed by atoms with Crippen LogP contribution in [-0.2, 0) is 4.79 Å². The third-order valence-electron chi connectivity index (χ3n) is 2.97. The van der Waals surface area contributed by atoms with E-state index in [1.165, 1.54) is 0 Å². The van der Waals surface area contributed by atoms with Gasteiger partial charge in [-0.15, -0.1) is 0 Å². The Bertz CT molecular complexity index is 492. The highest BCUT2D eigenvalue weighted by Gasteiger charge is 2.05. The van der Waals surface area contributed by atoms with Gasteiger partial charge in [-0.3, -0.25) is 4.79 Å². The summed E-state index contributed by atoms with van der Waals surface area (Å²) in [6.45, 7) is 2.55. The number of aliphatic carboxylic acids is 1. The van der Waals surface area contributed by atoms with Crippen LogP contribution >= 0.6 is 15.9 Å². The van der Waals surface area contributed by atoms with E-state index in [1.807, 2.05) is 25.1 Å². The van der Waals surface area contributed by atoms with Crippen molar-refractivity contribution in [3.8, 4) is 0 Å². The molecule has 0 aliphatic heterocycles. The van der Waals surface area contributed by atoms with Gasteiger partial charge in [-0.1, -0.05) is 18.9 Å². The van der Waals surface area contributed by atoms with Gasteiger partial charge in [0.15, 0.2) is 0 Å². The third-order valence-corrected chi connectivity index (χ3v) is 3.66. The monoisotopic (exact) mass is 356 g/mol. The minimum Gasteiger partial charge on any atom is -0.481 e. The van der Waals surface area contributed by atoms with Gasteiger partial charge in [-0.2, -0.15) is 0 Å². The van der Waals surface area contributed by atoms with Gasteiger partial charge in [0.1, 0.15) is 0 Å². The van der Waals surface area contributed by atoms with Crippen LogP contribution in [0.4, 0.5) is 10.5 Å². The number of carboxylic acids is 1. The number of hydrogen-bond donors (Lipinski definition) is 3. The van der Waals surface area contributed by atoms with Crippen LogP contribution in [0, 0.1) is 6.92 Å². The van der Waals surface area contributed by atoms with Gasteiger partial charge < -0.3 is 15.7 Å². The number of nitrogens with one attached hydrogen (secondary N) is 2. The minimum atomic E-state index is -0.753. The highest BCUT2D eigenvalue weighted by atomic mass is 79.9. The van der Waals surface area contributed by atoms with Crippen molar-refractivity contribution in [2.24, 2.45) is 0 Å². The van der Waals surface area contributed by atoms with Gasteiger partial charge in [0.2, 0.25) is 0 Å². The Kier molecular flexibility index (Phi) is 7.82. The summed E-state index contributed by atoms with van der Waals surface area (Å²) in [6, 6.07) is 5.53. The van der Waals surface area contributed by atoms with Crippen LogP contribution in [0.3, 0.4) is 0 Å². The second-order valence-electron chi connectivity index (χ2n) is 4.92. The van der Waals surface area contributed by atoms with Gasteiger partial charge >= 0.3 is 12.0 Å². The van der Waals surface area contributed by atoms with E-state index >= 15 is 0 Å². The number of urea groups is 1. The molecule has 0 aliphatic rings. The van der Waals surface area contributed by atoms with Crippen molar-refractivity contribution in [1.29, 1.82) is 0 Å². The molecule has 3 N–H and O–H groups in total. The zero-order valence-electron chi connectivity index (χ0n) is 12.1. The lowest BCUT2D eigenvalue weighted by Gasteiger charge is -2.09. The Morgan fingerprint density at radius 2 is 1.90 bits per heavy atom. The number of unbranched alkanes of at least 4 members (excludes halogenated alkanes) is 3. The number of benzene rings is 1. The Morgan fingerprint density at radius 1 is 1.19 bits per heavy atom. The molecule has 0 atom stereocenters. The number of carbonyl (C=O) groups excluding carboxylic acids is 1. The van der Waals surface area contributed by atoms with Gasteiger partial charge in [0, 0.05) is 17.4 Å². The molecule has 5 nitrogen and oxygen atoms in total. The van der Waals surface area contributed by atoms with E-state index in [2.05, 4.69) is 26.6 Å². The van der Waals surface area contributed by atoms with Crippen molar-refractivity contribution in [3.05, 3.63) is 28.2 Å². The lowest BCUT2D eigenvalue weighted by molar-refractivity contribution is -0.137. The molecule has 0 aliphatic carbocycles. The fraction of sp³-hybridized carbons (Fsp3) is 0.467. The second kappa shape index (κ2) is 9.39. The molecule has 0 saturated carbocycles. The van der Waals surface area contributed by atoms with Crippen molar-refractivity contribution in [2.45, 2.75) is 39.0 Å². The van der Waals surface area contributed by atoms with Crippen LogP contribution in [0.1, 0.15) is 37.7 Å². The van der Waals surface area contributed by atoms with E-state index in [1.54, 1.807) is 0 Å². The van der Waals surface area contributed by atoms with Gasteiger partial charge in [0.25, 0.3) is 0 Å². The van der Waals surface area contributed by atoms with Crippen molar-refractivity contribution in [3.63, 3.8) is 0 Å². The van der Waals surface area contributed by atoms with Gasteiger partial charge in [0.05, 0.1) is 5.69 Å². The first-order valence-electron chi connectivity index (χ1n) is 7.02. The van der Waals surface area contributed by atoms with E-state index in [0.717, 1.165) is 35.0 Å². The van der Waals surface area contributed by atoms with Crippen LogP contribution in [0.25, 0.3) is 0 Å². The van der Waals surface area contributed by atoms with Crippen LogP contribution < -0.4 is 10.6 Å². The molecule has 0 spiro atoms. The van der Waals surface area contributed by atoms with E-state index in [4.69, 9.17) is 5.11 Å². The smallest absolute Gasteiger partial charge is 0.319 e. The number of hydrogen-bond acceptors (Lipinski definition) is 2. The summed E-state index contributed by atoms with van der Waals surface area (Å²) in [5, 5.41) is 14.1. The standard InChI is InChI=1S/C15H21BrN2O3/c1-11-7-8-12(16)13(10-11)18-15(21)17-9-5-3-2-4-6-14(19)20/h7-8,10H,2-6,9H2,1H3,(H,19,20)(H2,17,18,21). The summed E-state index contributed by atoms with van der Waals surface area (Å²) < 4.78 is 0.844. The number of halogens is 1. The molecule has 0 radical (unpaired) electrons. The lowest BCUT2D eigenvalue weighted by Crippen LogP contribution is -2.29. The van der Waals surface area contributed by atoms with Gasteiger partial charge in [-0.25, -0.2) is 4.79 Å². The summed E-state index contributed by atoms with van der Waals surface area (Å²) >= 11 is 3.39. The number of aryl methyl sites for hydroxylation is 1. The van der Waals surface area contributed by atoms with Crippen molar-refractivity contribution in [1.82, 2.24) is 5.32 Å². The van der Waals surface area contributed by atoms with Crippen LogP contribution in [0.5, 0.6) is 0 Å². The fourth-order valence-corrected chi connectivity index (χ4v) is 2.20. The molecule has 116 valence electrons. The lowest BCUT2D eigenvalue weighted by atomic mass is 10.1. The third kappa shape index (κ3) is 7.70. The molecule has 6 heteroatoms. The predicted molar refractivity (Wildman–Crippen MR) is 86.6 cm³/mol. The van der Waals surface area contributed by atoms with Crippen LogP contribution in [0.15, 0.2) is 22.7 Å². The molecule has 1 aromatic rings. The van der Waals surface area contributed by atoms with E-state index in [0.29, 0.717) is 13.0 Å². The van der Waals surface area contributed by atoms with E-state index in [-0.39, 0.29) is 12.5 Å². The number of carbonyl (C=O) groups is 2. The Balaban J connectivity index is 2.17. The topological polar surface area (TPSA) is 78.4 Å².